The third kappa shape index (κ3) is 6.64. The summed E-state index contributed by atoms with van der Waals surface area (Å²) in [5, 5.41) is 19.2. The second kappa shape index (κ2) is 3.23. The summed E-state index contributed by atoms with van der Waals surface area (Å²) in [7, 11) is -5.41. The number of hydrogen-bond acceptors (Lipinski definition) is 4. The highest BCUT2D eigenvalue weighted by Gasteiger charge is 1.99. The summed E-state index contributed by atoms with van der Waals surface area (Å²) >= 11 is 0. The molecule has 0 bridgehead atoms. The molecule has 11 heavy (non-hydrogen) atoms. The standard InChI is InChI=1S/C2H2F2N2O4S/c3-1(7)5-2(8)6-11(4,9)10/h(H2,5,6,7,8)/p-2. The Hall–Kier alpha value is -1.25. The van der Waals surface area contributed by atoms with Gasteiger partial charge in [-0.15, -0.1) is 4.40 Å². The second-order valence-electron chi connectivity index (χ2n) is 1.15. The Morgan fingerprint density at radius 1 is 1.36 bits per heavy atom. The molecule has 0 aliphatic heterocycles. The fourth-order valence-electron chi connectivity index (χ4n) is 0.189. The molecule has 0 radical (unpaired) electrons. The van der Waals surface area contributed by atoms with E-state index in [4.69, 9.17) is 0 Å². The minimum absolute atomic E-state index is 1.69. The fraction of sp³-hybridized carbons (Fsp3) is 0. The predicted molar refractivity (Wildman–Crippen MR) is 26.0 cm³/mol. The average Bonchev–Trinajstić information content (AvgIpc) is 1.53. The number of hydrogen-bond donors (Lipinski definition) is 0. The lowest BCUT2D eigenvalue weighted by molar-refractivity contribution is -0.238. The number of nitrogens with zero attached hydrogens (tertiary/aromatic N) is 2. The third-order valence-electron chi connectivity index (χ3n) is 0.371. The molecule has 0 spiro atoms. The van der Waals surface area contributed by atoms with Crippen LogP contribution in [0.1, 0.15) is 0 Å². The summed E-state index contributed by atoms with van der Waals surface area (Å²) in [6.45, 7) is 0. The van der Waals surface area contributed by atoms with E-state index in [-0.39, 0.29) is 0 Å². The molecule has 0 unspecified atom stereocenters. The molecule has 0 aliphatic rings. The first-order valence-electron chi connectivity index (χ1n) is 1.94. The number of aliphatic imine (C=N–C) groups is 1. The SMILES string of the molecule is O=S(=O)(F)/N=C([O-])/N=C(\[O-])F. The zero-order valence-corrected chi connectivity index (χ0v) is 5.51. The van der Waals surface area contributed by atoms with Crippen LogP contribution in [0.4, 0.5) is 8.28 Å². The van der Waals surface area contributed by atoms with Crippen LogP contribution in [0.15, 0.2) is 9.39 Å². The van der Waals surface area contributed by atoms with Crippen molar-refractivity contribution in [3.63, 3.8) is 0 Å². The minimum Gasteiger partial charge on any atom is -0.844 e. The van der Waals surface area contributed by atoms with Gasteiger partial charge in [-0.05, 0) is 0 Å². The molecular formula is C2F2N2O4S-2. The maximum absolute atomic E-state index is 11.4. The highest BCUT2D eigenvalue weighted by Crippen LogP contribution is 1.91. The van der Waals surface area contributed by atoms with E-state index in [1.807, 2.05) is 4.99 Å². The Morgan fingerprint density at radius 2 is 1.82 bits per heavy atom. The van der Waals surface area contributed by atoms with Crippen LogP contribution >= 0.6 is 0 Å². The van der Waals surface area contributed by atoms with Crippen LogP contribution in [0.5, 0.6) is 0 Å². The van der Waals surface area contributed by atoms with Crippen molar-refractivity contribution < 1.29 is 26.9 Å². The molecule has 64 valence electrons. The summed E-state index contributed by atoms with van der Waals surface area (Å²) in [5.74, 6) is 0. The van der Waals surface area contributed by atoms with Crippen molar-refractivity contribution >= 4 is 22.6 Å². The Balaban J connectivity index is 4.64. The van der Waals surface area contributed by atoms with E-state index in [0.717, 1.165) is 0 Å². The Kier molecular flexibility index (Phi) is 2.87. The van der Waals surface area contributed by atoms with Gasteiger partial charge >= 0.3 is 10.4 Å². The summed E-state index contributed by atoms with van der Waals surface area (Å²) in [6, 6.07) is -2.04. The van der Waals surface area contributed by atoms with Crippen LogP contribution < -0.4 is 10.2 Å². The molecule has 0 N–H and O–H groups in total. The van der Waals surface area contributed by atoms with Crippen molar-refractivity contribution in [1.82, 2.24) is 0 Å². The normalized spacial score (nSPS) is 15.1. The molecular weight excluding hydrogens is 186 g/mol. The number of halogens is 2. The monoisotopic (exact) mass is 186 g/mol. The summed E-state index contributed by atoms with van der Waals surface area (Å²) in [5.41, 5.74) is 0. The van der Waals surface area contributed by atoms with Crippen LogP contribution in [0, 0.1) is 0 Å². The van der Waals surface area contributed by atoms with Crippen LogP contribution in [0.25, 0.3) is 0 Å². The van der Waals surface area contributed by atoms with Gasteiger partial charge in [0.25, 0.3) is 0 Å². The van der Waals surface area contributed by atoms with Crippen LogP contribution in [-0.2, 0) is 10.4 Å². The topological polar surface area (TPSA) is 105 Å². The highest BCUT2D eigenvalue weighted by atomic mass is 32.3. The molecule has 0 saturated carbocycles. The van der Waals surface area contributed by atoms with Gasteiger partial charge in [0.1, 0.15) is 12.2 Å². The first-order valence-corrected chi connectivity index (χ1v) is 3.28. The lowest BCUT2D eigenvalue weighted by atomic mass is 11.1. The van der Waals surface area contributed by atoms with E-state index in [1.54, 1.807) is 4.40 Å². The smallest absolute Gasteiger partial charge is 0.418 e. The summed E-state index contributed by atoms with van der Waals surface area (Å²) < 4.78 is 43.1. The zero-order valence-electron chi connectivity index (χ0n) is 4.69. The molecule has 0 rings (SSSR count). The summed E-state index contributed by atoms with van der Waals surface area (Å²) in [4.78, 5) is 1.83. The molecule has 0 aromatic carbocycles. The first-order chi connectivity index (χ1) is 4.81. The van der Waals surface area contributed by atoms with Gasteiger partial charge in [0.05, 0.1) is 0 Å². The van der Waals surface area contributed by atoms with E-state index in [2.05, 4.69) is 0 Å². The van der Waals surface area contributed by atoms with Gasteiger partial charge in [-0.3, -0.25) is 0 Å². The molecule has 6 nitrogen and oxygen atoms in total. The van der Waals surface area contributed by atoms with Crippen molar-refractivity contribution in [2.75, 3.05) is 0 Å². The second-order valence-corrected chi connectivity index (χ2v) is 2.16. The molecule has 0 aromatic rings. The van der Waals surface area contributed by atoms with Gasteiger partial charge < -0.3 is 10.2 Å². The van der Waals surface area contributed by atoms with Gasteiger partial charge in [-0.2, -0.15) is 8.42 Å². The lowest BCUT2D eigenvalue weighted by Crippen LogP contribution is -2.21. The van der Waals surface area contributed by atoms with Gasteiger partial charge in [0, 0.05) is 0 Å². The van der Waals surface area contributed by atoms with Gasteiger partial charge in [-0.1, -0.05) is 3.89 Å². The van der Waals surface area contributed by atoms with E-state index in [9.17, 15) is 26.9 Å². The Labute approximate surface area is 59.9 Å². The van der Waals surface area contributed by atoms with E-state index in [1.165, 1.54) is 0 Å². The third-order valence-corrected chi connectivity index (χ3v) is 0.745. The van der Waals surface area contributed by atoms with Crippen molar-refractivity contribution in [2.24, 2.45) is 9.39 Å². The lowest BCUT2D eigenvalue weighted by Gasteiger charge is -2.03. The van der Waals surface area contributed by atoms with Crippen molar-refractivity contribution in [2.45, 2.75) is 0 Å². The molecule has 0 amide bonds. The largest absolute Gasteiger partial charge is 0.844 e. The maximum atomic E-state index is 11.4. The Morgan fingerprint density at radius 3 is 2.09 bits per heavy atom. The average molecular weight is 186 g/mol. The molecule has 9 heteroatoms. The zero-order chi connectivity index (χ0) is 9.07. The van der Waals surface area contributed by atoms with E-state index >= 15 is 0 Å². The van der Waals surface area contributed by atoms with Crippen LogP contribution in [0.2, 0.25) is 0 Å². The minimum atomic E-state index is -5.41. The number of rotatable bonds is 1. The molecule has 0 atom stereocenters. The van der Waals surface area contributed by atoms with E-state index in [0.29, 0.717) is 0 Å². The molecule has 0 saturated heterocycles. The molecule has 0 fully saturated rings. The quantitative estimate of drug-likeness (QED) is 0.258. The Bertz CT molecular complexity index is 289. The number of amidine groups is 1. The van der Waals surface area contributed by atoms with Gasteiger partial charge in [0.2, 0.25) is 0 Å². The van der Waals surface area contributed by atoms with Crippen LogP contribution in [0.3, 0.4) is 0 Å². The fourth-order valence-corrected chi connectivity index (χ4v) is 0.416. The highest BCUT2D eigenvalue weighted by molar-refractivity contribution is 7.85. The van der Waals surface area contributed by atoms with Crippen LogP contribution in [-0.4, -0.2) is 20.6 Å². The van der Waals surface area contributed by atoms with Gasteiger partial charge in [0.15, 0.2) is 0 Å². The van der Waals surface area contributed by atoms with E-state index < -0.39 is 22.6 Å². The summed E-state index contributed by atoms with van der Waals surface area (Å²) in [6.07, 6.45) is -2.44. The van der Waals surface area contributed by atoms with Crippen molar-refractivity contribution in [3.8, 4) is 0 Å². The first kappa shape index (κ1) is 9.75. The molecule has 0 heterocycles. The van der Waals surface area contributed by atoms with Crippen molar-refractivity contribution in [3.05, 3.63) is 0 Å². The maximum Gasteiger partial charge on any atom is 0.418 e. The van der Waals surface area contributed by atoms with Crippen molar-refractivity contribution in [1.29, 1.82) is 0 Å². The van der Waals surface area contributed by atoms with Gasteiger partial charge in [-0.25, -0.2) is 9.38 Å². The molecule has 0 aliphatic carbocycles. The predicted octanol–water partition coefficient (Wildman–Crippen LogP) is -2.40. The molecule has 0 aromatic heterocycles.